The molecule has 0 aromatic rings. The predicted molar refractivity (Wildman–Crippen MR) is 61.0 cm³/mol. The lowest BCUT2D eigenvalue weighted by atomic mass is 10.0. The third-order valence-electron chi connectivity index (χ3n) is 2.40. The number of hydrogen-bond acceptors (Lipinski definition) is 2. The molecule has 0 spiro atoms. The van der Waals surface area contributed by atoms with E-state index in [2.05, 4.69) is 5.92 Å². The molecule has 0 aliphatic carbocycles. The molecular weight excluding hydrogens is 208 g/mol. The number of aliphatic carboxylic acids is 1. The summed E-state index contributed by atoms with van der Waals surface area (Å²) in [4.78, 5) is 25.5. The molecular formula is C11H18N2O3. The third kappa shape index (κ3) is 2.89. The van der Waals surface area contributed by atoms with Crippen LogP contribution in [0.5, 0.6) is 0 Å². The second-order valence-corrected chi connectivity index (χ2v) is 3.95. The lowest BCUT2D eigenvalue weighted by molar-refractivity contribution is -0.147. The molecule has 90 valence electrons. The molecule has 0 rings (SSSR count). The van der Waals surface area contributed by atoms with Crippen LogP contribution in [0.25, 0.3) is 0 Å². The van der Waals surface area contributed by atoms with Gasteiger partial charge in [0.25, 0.3) is 0 Å². The molecule has 0 saturated carbocycles. The summed E-state index contributed by atoms with van der Waals surface area (Å²) >= 11 is 0. The van der Waals surface area contributed by atoms with Gasteiger partial charge in [-0.15, -0.1) is 6.42 Å². The molecule has 5 heteroatoms. The van der Waals surface area contributed by atoms with E-state index in [1.54, 1.807) is 14.0 Å². The van der Waals surface area contributed by atoms with E-state index in [1.165, 1.54) is 23.6 Å². The fourth-order valence-corrected chi connectivity index (χ4v) is 1.30. The minimum Gasteiger partial charge on any atom is -0.480 e. The summed E-state index contributed by atoms with van der Waals surface area (Å²) in [5, 5.41) is 9.05. The smallest absolute Gasteiger partial charge is 0.329 e. The molecule has 0 saturated heterocycles. The molecule has 1 N–H and O–H groups in total. The first kappa shape index (κ1) is 14.3. The van der Waals surface area contributed by atoms with Gasteiger partial charge in [0.15, 0.2) is 0 Å². The van der Waals surface area contributed by atoms with Crippen molar-refractivity contribution in [2.24, 2.45) is 0 Å². The zero-order valence-corrected chi connectivity index (χ0v) is 10.1. The highest BCUT2D eigenvalue weighted by Gasteiger charge is 2.37. The van der Waals surface area contributed by atoms with Gasteiger partial charge in [0.05, 0.1) is 6.54 Å². The maximum atomic E-state index is 11.9. The number of carbonyl (C=O) groups excluding carboxylic acids is 1. The largest absolute Gasteiger partial charge is 0.480 e. The first-order chi connectivity index (χ1) is 7.28. The second-order valence-electron chi connectivity index (χ2n) is 3.95. The minimum absolute atomic E-state index is 0.158. The van der Waals surface area contributed by atoms with Crippen molar-refractivity contribution < 1.29 is 14.7 Å². The maximum absolute atomic E-state index is 11.9. The van der Waals surface area contributed by atoms with Crippen molar-refractivity contribution in [2.45, 2.75) is 26.3 Å². The summed E-state index contributed by atoms with van der Waals surface area (Å²) in [6.45, 7) is 5.17. The van der Waals surface area contributed by atoms with Crippen molar-refractivity contribution in [1.82, 2.24) is 9.80 Å². The molecule has 0 heterocycles. The van der Waals surface area contributed by atoms with Crippen molar-refractivity contribution >= 4 is 12.0 Å². The van der Waals surface area contributed by atoms with Gasteiger partial charge < -0.3 is 14.9 Å². The van der Waals surface area contributed by atoms with Crippen LogP contribution in [-0.4, -0.2) is 52.6 Å². The van der Waals surface area contributed by atoms with Gasteiger partial charge in [-0.3, -0.25) is 0 Å². The standard InChI is InChI=1S/C11H18N2O3/c1-6-8-12(5)10(16)13(7-2)11(3,4)9(14)15/h1H,7-8H2,2-5H3,(H,14,15). The highest BCUT2D eigenvalue weighted by atomic mass is 16.4. The Bertz CT molecular complexity index is 318. The van der Waals surface area contributed by atoms with Crippen LogP contribution < -0.4 is 0 Å². The highest BCUT2D eigenvalue weighted by molar-refractivity contribution is 5.85. The SMILES string of the molecule is C#CCN(C)C(=O)N(CC)C(C)(C)C(=O)O. The Labute approximate surface area is 96.0 Å². The first-order valence-corrected chi connectivity index (χ1v) is 4.98. The van der Waals surface area contributed by atoms with Gasteiger partial charge in [-0.1, -0.05) is 5.92 Å². The van der Waals surface area contributed by atoms with Crippen LogP contribution in [0.3, 0.4) is 0 Å². The number of amides is 2. The lowest BCUT2D eigenvalue weighted by Gasteiger charge is -2.36. The Morgan fingerprint density at radius 2 is 1.94 bits per heavy atom. The van der Waals surface area contributed by atoms with Crippen molar-refractivity contribution in [3.8, 4) is 12.3 Å². The Balaban J connectivity index is 4.95. The van der Waals surface area contributed by atoms with E-state index in [1.807, 2.05) is 0 Å². The number of terminal acetylenes is 1. The lowest BCUT2D eigenvalue weighted by Crippen LogP contribution is -2.56. The number of urea groups is 1. The van der Waals surface area contributed by atoms with Crippen LogP contribution >= 0.6 is 0 Å². The molecule has 0 radical (unpaired) electrons. The van der Waals surface area contributed by atoms with Gasteiger partial charge in [0.1, 0.15) is 5.54 Å². The molecule has 0 aliphatic rings. The van der Waals surface area contributed by atoms with Crippen LogP contribution in [0.15, 0.2) is 0 Å². The number of hydrogen-bond donors (Lipinski definition) is 1. The Kier molecular flexibility index (Phi) is 4.83. The summed E-state index contributed by atoms with van der Waals surface area (Å²) in [5.74, 6) is 1.29. The van der Waals surface area contributed by atoms with Gasteiger partial charge in [0.2, 0.25) is 0 Å². The van der Waals surface area contributed by atoms with E-state index in [0.717, 1.165) is 0 Å². The number of carbonyl (C=O) groups is 2. The van der Waals surface area contributed by atoms with Crippen molar-refractivity contribution in [2.75, 3.05) is 20.1 Å². The van der Waals surface area contributed by atoms with E-state index >= 15 is 0 Å². The third-order valence-corrected chi connectivity index (χ3v) is 2.40. The zero-order chi connectivity index (χ0) is 12.9. The molecule has 0 atom stereocenters. The first-order valence-electron chi connectivity index (χ1n) is 4.98. The minimum atomic E-state index is -1.24. The number of rotatable bonds is 4. The second kappa shape index (κ2) is 5.40. The van der Waals surface area contributed by atoms with Crippen LogP contribution in [0.1, 0.15) is 20.8 Å². The van der Waals surface area contributed by atoms with Crippen LogP contribution in [-0.2, 0) is 4.79 Å². The van der Waals surface area contributed by atoms with E-state index in [9.17, 15) is 9.59 Å². The van der Waals surface area contributed by atoms with Gasteiger partial charge in [0, 0.05) is 13.6 Å². The molecule has 0 aliphatic heterocycles. The Morgan fingerprint density at radius 1 is 1.44 bits per heavy atom. The molecule has 2 amide bonds. The predicted octanol–water partition coefficient (Wildman–Crippen LogP) is 0.857. The number of nitrogens with zero attached hydrogens (tertiary/aromatic N) is 2. The van der Waals surface area contributed by atoms with Crippen LogP contribution in [0.2, 0.25) is 0 Å². The number of carboxylic acid groups (broad SMARTS) is 1. The summed E-state index contributed by atoms with van der Waals surface area (Å²) in [6, 6.07) is -0.382. The maximum Gasteiger partial charge on any atom is 0.329 e. The average Bonchev–Trinajstić information content (AvgIpc) is 2.18. The zero-order valence-electron chi connectivity index (χ0n) is 10.1. The number of carboxylic acids is 1. The van der Waals surface area contributed by atoms with Gasteiger partial charge in [-0.2, -0.15) is 0 Å². The molecule has 0 fully saturated rings. The van der Waals surface area contributed by atoms with E-state index in [0.29, 0.717) is 6.54 Å². The molecule has 0 unspecified atom stereocenters. The molecule has 0 bridgehead atoms. The molecule has 5 nitrogen and oxygen atoms in total. The number of likely N-dealkylation sites (N-methyl/N-ethyl adjacent to an activating group) is 1. The Morgan fingerprint density at radius 3 is 2.25 bits per heavy atom. The summed E-state index contributed by atoms with van der Waals surface area (Å²) < 4.78 is 0. The van der Waals surface area contributed by atoms with Crippen molar-refractivity contribution in [3.05, 3.63) is 0 Å². The summed E-state index contributed by atoms with van der Waals surface area (Å²) in [5.41, 5.74) is -1.24. The van der Waals surface area contributed by atoms with Crippen molar-refractivity contribution in [3.63, 3.8) is 0 Å². The quantitative estimate of drug-likeness (QED) is 0.723. The topological polar surface area (TPSA) is 60.9 Å². The highest BCUT2D eigenvalue weighted by Crippen LogP contribution is 2.16. The van der Waals surface area contributed by atoms with Crippen molar-refractivity contribution in [1.29, 1.82) is 0 Å². The molecule has 0 aromatic carbocycles. The Hall–Kier alpha value is -1.70. The fourth-order valence-electron chi connectivity index (χ4n) is 1.30. The van der Waals surface area contributed by atoms with Gasteiger partial charge in [-0.05, 0) is 20.8 Å². The summed E-state index contributed by atoms with van der Waals surface area (Å²) in [7, 11) is 1.54. The molecule has 0 aromatic heterocycles. The summed E-state index contributed by atoms with van der Waals surface area (Å²) in [6.07, 6.45) is 5.10. The van der Waals surface area contributed by atoms with E-state index in [-0.39, 0.29) is 12.6 Å². The normalized spacial score (nSPS) is 10.4. The van der Waals surface area contributed by atoms with Gasteiger partial charge in [-0.25, -0.2) is 9.59 Å². The molecule has 16 heavy (non-hydrogen) atoms. The monoisotopic (exact) mass is 226 g/mol. The average molecular weight is 226 g/mol. The van der Waals surface area contributed by atoms with E-state index in [4.69, 9.17) is 11.5 Å². The van der Waals surface area contributed by atoms with Gasteiger partial charge >= 0.3 is 12.0 Å². The van der Waals surface area contributed by atoms with Crippen LogP contribution in [0.4, 0.5) is 4.79 Å². The van der Waals surface area contributed by atoms with Crippen LogP contribution in [0, 0.1) is 12.3 Å². The van der Waals surface area contributed by atoms with E-state index < -0.39 is 11.5 Å². The fraction of sp³-hybridized carbons (Fsp3) is 0.636.